The summed E-state index contributed by atoms with van der Waals surface area (Å²) in [5, 5.41) is 16.9. The first-order valence-corrected chi connectivity index (χ1v) is 10.4. The Labute approximate surface area is 164 Å². The molecule has 1 saturated heterocycles. The molecular weight excluding hydrogens is 346 g/mol. The number of hydrogen-bond acceptors (Lipinski definition) is 6. The zero-order valence-corrected chi connectivity index (χ0v) is 17.6. The molecule has 2 atom stereocenters. The summed E-state index contributed by atoms with van der Waals surface area (Å²) in [4.78, 5) is 15.3. The number of likely N-dealkylation sites (N-methyl/N-ethyl adjacent to an activating group) is 1. The minimum Gasteiger partial charge on any atom is -0.390 e. The molecule has 1 amide bonds. The molecule has 0 bridgehead atoms. The zero-order valence-electron chi connectivity index (χ0n) is 17.6. The van der Waals surface area contributed by atoms with E-state index in [1.807, 2.05) is 27.8 Å². The number of β-amino-alcohol motifs (C(OH)–C–C–N with tert-alkyl or cyclic N) is 1. The molecule has 1 aliphatic carbocycles. The first kappa shape index (κ1) is 22.6. The molecule has 2 aliphatic rings. The van der Waals surface area contributed by atoms with Crippen LogP contribution in [-0.4, -0.2) is 72.9 Å². The number of aliphatic hydroxyl groups is 1. The Bertz CT molecular complexity index is 461. The summed E-state index contributed by atoms with van der Waals surface area (Å²) in [5.41, 5.74) is -0.861. The SMILES string of the molecule is CN1CCCC(NC(=O)C2(NCOCOC(C)(C)C)CCCCC2)C(O)C1. The van der Waals surface area contributed by atoms with Gasteiger partial charge < -0.3 is 24.8 Å². The fraction of sp³-hybridized carbons (Fsp3) is 0.950. The van der Waals surface area contributed by atoms with Crippen LogP contribution in [0, 0.1) is 0 Å². The summed E-state index contributed by atoms with van der Waals surface area (Å²) in [7, 11) is 2.01. The average Bonchev–Trinajstić information content (AvgIpc) is 2.75. The van der Waals surface area contributed by atoms with E-state index < -0.39 is 11.6 Å². The van der Waals surface area contributed by atoms with E-state index >= 15 is 0 Å². The number of carbonyl (C=O) groups excluding carboxylic acids is 1. The van der Waals surface area contributed by atoms with Crippen LogP contribution in [-0.2, 0) is 14.3 Å². The van der Waals surface area contributed by atoms with Crippen LogP contribution in [0.25, 0.3) is 0 Å². The second kappa shape index (κ2) is 10.2. The second-order valence-electron chi connectivity index (χ2n) is 9.09. The summed E-state index contributed by atoms with van der Waals surface area (Å²) >= 11 is 0. The van der Waals surface area contributed by atoms with Gasteiger partial charge in [-0.25, -0.2) is 0 Å². The third-order valence-electron chi connectivity index (χ3n) is 5.56. The van der Waals surface area contributed by atoms with E-state index in [0.717, 1.165) is 51.5 Å². The molecule has 2 rings (SSSR count). The number of nitrogens with one attached hydrogen (secondary N) is 2. The van der Waals surface area contributed by atoms with E-state index in [9.17, 15) is 9.90 Å². The van der Waals surface area contributed by atoms with Gasteiger partial charge in [0.2, 0.25) is 5.91 Å². The molecule has 0 radical (unpaired) electrons. The molecule has 1 aliphatic heterocycles. The van der Waals surface area contributed by atoms with Gasteiger partial charge in [0, 0.05) is 6.54 Å². The van der Waals surface area contributed by atoms with Crippen molar-refractivity contribution < 1.29 is 19.4 Å². The molecule has 0 spiro atoms. The molecule has 3 N–H and O–H groups in total. The monoisotopic (exact) mass is 385 g/mol. The topological polar surface area (TPSA) is 83.1 Å². The molecule has 1 heterocycles. The van der Waals surface area contributed by atoms with Gasteiger partial charge in [-0.05, 0) is 60.0 Å². The normalized spacial score (nSPS) is 27.1. The van der Waals surface area contributed by atoms with Gasteiger partial charge in [0.1, 0.15) is 13.5 Å². The van der Waals surface area contributed by atoms with Crippen molar-refractivity contribution >= 4 is 5.91 Å². The van der Waals surface area contributed by atoms with Crippen LogP contribution in [0.5, 0.6) is 0 Å². The van der Waals surface area contributed by atoms with Gasteiger partial charge >= 0.3 is 0 Å². The molecule has 7 heteroatoms. The van der Waals surface area contributed by atoms with Crippen molar-refractivity contribution in [3.63, 3.8) is 0 Å². The Kier molecular flexibility index (Phi) is 8.49. The lowest BCUT2D eigenvalue weighted by Gasteiger charge is -2.38. The molecule has 0 aromatic carbocycles. The fourth-order valence-electron chi connectivity index (χ4n) is 3.87. The summed E-state index contributed by atoms with van der Waals surface area (Å²) in [5.74, 6) is -0.00357. The number of ether oxygens (including phenoxy) is 2. The van der Waals surface area contributed by atoms with Crippen LogP contribution in [0.3, 0.4) is 0 Å². The van der Waals surface area contributed by atoms with Crippen molar-refractivity contribution in [1.82, 2.24) is 15.5 Å². The van der Waals surface area contributed by atoms with Crippen LogP contribution in [0.1, 0.15) is 65.7 Å². The maximum atomic E-state index is 13.2. The Hall–Kier alpha value is -0.730. The zero-order chi connectivity index (χ0) is 19.9. The predicted molar refractivity (Wildman–Crippen MR) is 105 cm³/mol. The number of aliphatic hydroxyl groups excluding tert-OH is 1. The average molecular weight is 386 g/mol. The molecule has 0 aromatic rings. The quantitative estimate of drug-likeness (QED) is 0.456. The summed E-state index contributed by atoms with van der Waals surface area (Å²) < 4.78 is 11.1. The van der Waals surface area contributed by atoms with E-state index in [0.29, 0.717) is 6.54 Å². The first-order valence-electron chi connectivity index (χ1n) is 10.4. The maximum Gasteiger partial charge on any atom is 0.240 e. The highest BCUT2D eigenvalue weighted by Gasteiger charge is 2.40. The lowest BCUT2D eigenvalue weighted by Crippen LogP contribution is -2.61. The number of nitrogens with zero attached hydrogens (tertiary/aromatic N) is 1. The molecule has 2 unspecified atom stereocenters. The van der Waals surface area contributed by atoms with Gasteiger partial charge in [-0.3, -0.25) is 10.1 Å². The number of amides is 1. The Balaban J connectivity index is 1.90. The predicted octanol–water partition coefficient (Wildman–Crippen LogP) is 1.60. The standard InChI is InChI=1S/C20H39N3O4/c1-19(2,3)27-15-26-14-21-20(10-6-5-7-11-20)18(25)22-16-9-8-12-23(4)13-17(16)24/h16-17,21,24H,5-15H2,1-4H3,(H,22,25). The number of hydrogen-bond donors (Lipinski definition) is 3. The first-order chi connectivity index (χ1) is 12.7. The Morgan fingerprint density at radius 2 is 1.93 bits per heavy atom. The molecule has 158 valence electrons. The van der Waals surface area contributed by atoms with Gasteiger partial charge in [0.15, 0.2) is 0 Å². The summed E-state index contributed by atoms with van der Waals surface area (Å²) in [6, 6.07) is -0.187. The largest absolute Gasteiger partial charge is 0.390 e. The minimum atomic E-state index is -0.613. The smallest absolute Gasteiger partial charge is 0.240 e. The molecular formula is C20H39N3O4. The number of likely N-dealkylation sites (tertiary alicyclic amines) is 1. The number of rotatable bonds is 7. The third-order valence-corrected chi connectivity index (χ3v) is 5.56. The second-order valence-corrected chi connectivity index (χ2v) is 9.09. The summed E-state index contributed by atoms with van der Waals surface area (Å²) in [6.07, 6.45) is 6.05. The molecule has 7 nitrogen and oxygen atoms in total. The fourth-order valence-corrected chi connectivity index (χ4v) is 3.87. The van der Waals surface area contributed by atoms with Gasteiger partial charge in [0.25, 0.3) is 0 Å². The van der Waals surface area contributed by atoms with Crippen molar-refractivity contribution in [1.29, 1.82) is 0 Å². The van der Waals surface area contributed by atoms with E-state index in [2.05, 4.69) is 15.5 Å². The number of carbonyl (C=O) groups is 1. The minimum absolute atomic E-state index is 0.00357. The van der Waals surface area contributed by atoms with E-state index in [1.165, 1.54) is 0 Å². The lowest BCUT2D eigenvalue weighted by atomic mass is 9.80. The van der Waals surface area contributed by atoms with Gasteiger partial charge in [-0.15, -0.1) is 0 Å². The Morgan fingerprint density at radius 3 is 2.59 bits per heavy atom. The highest BCUT2D eigenvalue weighted by Crippen LogP contribution is 2.29. The lowest BCUT2D eigenvalue weighted by molar-refractivity contribution is -0.139. The van der Waals surface area contributed by atoms with Crippen LogP contribution in [0.2, 0.25) is 0 Å². The van der Waals surface area contributed by atoms with Crippen molar-refractivity contribution in [2.45, 2.75) is 89.0 Å². The van der Waals surface area contributed by atoms with Crippen molar-refractivity contribution in [3.8, 4) is 0 Å². The third kappa shape index (κ3) is 7.31. The van der Waals surface area contributed by atoms with Crippen LogP contribution < -0.4 is 10.6 Å². The van der Waals surface area contributed by atoms with Crippen molar-refractivity contribution in [3.05, 3.63) is 0 Å². The van der Waals surface area contributed by atoms with Gasteiger partial charge in [0.05, 0.1) is 23.3 Å². The molecule has 1 saturated carbocycles. The molecule has 0 aromatic heterocycles. The van der Waals surface area contributed by atoms with Gasteiger partial charge in [-0.1, -0.05) is 19.3 Å². The van der Waals surface area contributed by atoms with Crippen molar-refractivity contribution in [2.75, 3.05) is 33.7 Å². The highest BCUT2D eigenvalue weighted by molar-refractivity contribution is 5.86. The van der Waals surface area contributed by atoms with Crippen LogP contribution >= 0.6 is 0 Å². The van der Waals surface area contributed by atoms with Crippen LogP contribution in [0.15, 0.2) is 0 Å². The van der Waals surface area contributed by atoms with E-state index in [4.69, 9.17) is 9.47 Å². The Morgan fingerprint density at radius 1 is 1.22 bits per heavy atom. The van der Waals surface area contributed by atoms with E-state index in [1.54, 1.807) is 0 Å². The maximum absolute atomic E-state index is 13.2. The molecule has 2 fully saturated rings. The van der Waals surface area contributed by atoms with Gasteiger partial charge in [-0.2, -0.15) is 0 Å². The summed E-state index contributed by atoms with van der Waals surface area (Å²) in [6.45, 7) is 7.97. The van der Waals surface area contributed by atoms with Crippen molar-refractivity contribution in [2.24, 2.45) is 0 Å². The van der Waals surface area contributed by atoms with E-state index in [-0.39, 0.29) is 31.1 Å². The highest BCUT2D eigenvalue weighted by atomic mass is 16.7. The molecule has 27 heavy (non-hydrogen) atoms. The van der Waals surface area contributed by atoms with Crippen LogP contribution in [0.4, 0.5) is 0 Å².